The summed E-state index contributed by atoms with van der Waals surface area (Å²) >= 11 is 6.26. The molecular formula is C12H20ClN3O. The van der Waals surface area contributed by atoms with Crippen molar-refractivity contribution >= 4 is 11.6 Å². The zero-order valence-electron chi connectivity index (χ0n) is 10.4. The Morgan fingerprint density at radius 3 is 3.00 bits per heavy atom. The molecule has 1 atom stereocenters. The lowest BCUT2D eigenvalue weighted by Gasteiger charge is -2.19. The molecule has 17 heavy (non-hydrogen) atoms. The van der Waals surface area contributed by atoms with Crippen LogP contribution in [0.1, 0.15) is 31.5 Å². The molecule has 0 bridgehead atoms. The van der Waals surface area contributed by atoms with Gasteiger partial charge in [-0.2, -0.15) is 5.10 Å². The Balaban J connectivity index is 2.17. The van der Waals surface area contributed by atoms with Crippen molar-refractivity contribution in [3.8, 4) is 0 Å². The first kappa shape index (κ1) is 12.9. The van der Waals surface area contributed by atoms with E-state index in [4.69, 9.17) is 16.3 Å². The second kappa shape index (κ2) is 5.85. The molecule has 0 saturated heterocycles. The molecule has 1 heterocycles. The van der Waals surface area contributed by atoms with E-state index in [1.165, 1.54) is 12.8 Å². The van der Waals surface area contributed by atoms with Crippen molar-refractivity contribution in [3.05, 3.63) is 16.9 Å². The molecule has 0 radical (unpaired) electrons. The molecule has 0 amide bonds. The van der Waals surface area contributed by atoms with Crippen molar-refractivity contribution in [1.29, 1.82) is 0 Å². The van der Waals surface area contributed by atoms with E-state index >= 15 is 0 Å². The van der Waals surface area contributed by atoms with Gasteiger partial charge in [0, 0.05) is 7.11 Å². The quantitative estimate of drug-likeness (QED) is 0.814. The van der Waals surface area contributed by atoms with E-state index in [9.17, 15) is 0 Å². The standard InChI is InChI=1S/C12H20ClN3O/c1-3-14-11(9-4-5-9)12-10(13)8-15-16(12)6-7-17-2/h8-9,11,14H,3-7H2,1-2H3. The lowest BCUT2D eigenvalue weighted by atomic mass is 10.1. The molecule has 1 aromatic rings. The van der Waals surface area contributed by atoms with Gasteiger partial charge in [-0.05, 0) is 25.3 Å². The van der Waals surface area contributed by atoms with Gasteiger partial charge in [0.05, 0.1) is 36.1 Å². The first-order chi connectivity index (χ1) is 8.27. The van der Waals surface area contributed by atoms with Gasteiger partial charge in [-0.25, -0.2) is 0 Å². The van der Waals surface area contributed by atoms with Gasteiger partial charge in [0.15, 0.2) is 0 Å². The number of methoxy groups -OCH3 is 1. The summed E-state index contributed by atoms with van der Waals surface area (Å²) < 4.78 is 7.07. The third kappa shape index (κ3) is 3.00. The first-order valence-electron chi connectivity index (χ1n) is 6.21. The Labute approximate surface area is 107 Å². The average molecular weight is 258 g/mol. The second-order valence-corrected chi connectivity index (χ2v) is 4.87. The Morgan fingerprint density at radius 2 is 2.41 bits per heavy atom. The summed E-state index contributed by atoms with van der Waals surface area (Å²) in [6.45, 7) is 4.49. The van der Waals surface area contributed by atoms with E-state index in [2.05, 4.69) is 17.3 Å². The zero-order valence-corrected chi connectivity index (χ0v) is 11.2. The lowest BCUT2D eigenvalue weighted by Crippen LogP contribution is -2.26. The number of rotatable bonds is 7. The number of hydrogen-bond donors (Lipinski definition) is 1. The van der Waals surface area contributed by atoms with Crippen molar-refractivity contribution in [1.82, 2.24) is 15.1 Å². The number of hydrogen-bond acceptors (Lipinski definition) is 3. The molecule has 1 fully saturated rings. The van der Waals surface area contributed by atoms with Gasteiger partial charge in [0.1, 0.15) is 0 Å². The molecule has 1 saturated carbocycles. The van der Waals surface area contributed by atoms with Gasteiger partial charge in [-0.15, -0.1) is 0 Å². The van der Waals surface area contributed by atoms with Crippen LogP contribution in [0.5, 0.6) is 0 Å². The van der Waals surface area contributed by atoms with Crippen molar-refractivity contribution in [2.75, 3.05) is 20.3 Å². The van der Waals surface area contributed by atoms with Crippen LogP contribution in [-0.4, -0.2) is 30.0 Å². The number of halogens is 1. The SMILES string of the molecule is CCNC(c1c(Cl)cnn1CCOC)C1CC1. The van der Waals surface area contributed by atoms with Gasteiger partial charge in [-0.3, -0.25) is 4.68 Å². The van der Waals surface area contributed by atoms with Crippen LogP contribution >= 0.6 is 11.6 Å². The highest BCUT2D eigenvalue weighted by molar-refractivity contribution is 6.31. The van der Waals surface area contributed by atoms with Crippen LogP contribution in [0.2, 0.25) is 5.02 Å². The minimum absolute atomic E-state index is 0.340. The summed E-state index contributed by atoms with van der Waals surface area (Å²) in [5.41, 5.74) is 1.12. The highest BCUT2D eigenvalue weighted by atomic mass is 35.5. The summed E-state index contributed by atoms with van der Waals surface area (Å²) in [5.74, 6) is 0.713. The maximum atomic E-state index is 6.26. The van der Waals surface area contributed by atoms with Crippen LogP contribution in [0.4, 0.5) is 0 Å². The molecule has 96 valence electrons. The zero-order chi connectivity index (χ0) is 12.3. The van der Waals surface area contributed by atoms with Crippen molar-refractivity contribution in [3.63, 3.8) is 0 Å². The second-order valence-electron chi connectivity index (χ2n) is 4.47. The maximum Gasteiger partial charge on any atom is 0.0834 e. The van der Waals surface area contributed by atoms with Crippen LogP contribution in [0.3, 0.4) is 0 Å². The molecule has 1 aliphatic carbocycles. The van der Waals surface area contributed by atoms with Crippen LogP contribution < -0.4 is 5.32 Å². The lowest BCUT2D eigenvalue weighted by molar-refractivity contribution is 0.181. The topological polar surface area (TPSA) is 39.1 Å². The molecule has 2 rings (SSSR count). The molecule has 1 unspecified atom stereocenters. The molecule has 5 heteroatoms. The largest absolute Gasteiger partial charge is 0.383 e. The number of aromatic nitrogens is 2. The van der Waals surface area contributed by atoms with Crippen molar-refractivity contribution in [2.45, 2.75) is 32.4 Å². The fourth-order valence-electron chi connectivity index (χ4n) is 2.17. The van der Waals surface area contributed by atoms with E-state index < -0.39 is 0 Å². The van der Waals surface area contributed by atoms with Crippen molar-refractivity contribution in [2.24, 2.45) is 5.92 Å². The van der Waals surface area contributed by atoms with E-state index in [1.54, 1.807) is 13.3 Å². The minimum Gasteiger partial charge on any atom is -0.383 e. The molecule has 0 spiro atoms. The van der Waals surface area contributed by atoms with Gasteiger partial charge in [0.2, 0.25) is 0 Å². The van der Waals surface area contributed by atoms with Gasteiger partial charge >= 0.3 is 0 Å². The Bertz CT molecular complexity index is 363. The third-order valence-corrected chi connectivity index (χ3v) is 3.44. The van der Waals surface area contributed by atoms with E-state index in [1.807, 2.05) is 4.68 Å². The van der Waals surface area contributed by atoms with Gasteiger partial charge in [0.25, 0.3) is 0 Å². The Kier molecular flexibility index (Phi) is 4.42. The molecule has 0 aromatic carbocycles. The first-order valence-corrected chi connectivity index (χ1v) is 6.59. The molecule has 1 aromatic heterocycles. The molecule has 0 aliphatic heterocycles. The van der Waals surface area contributed by atoms with Crippen LogP contribution in [0, 0.1) is 5.92 Å². The Hall–Kier alpha value is -0.580. The number of ether oxygens (including phenoxy) is 1. The smallest absolute Gasteiger partial charge is 0.0834 e. The molecule has 1 N–H and O–H groups in total. The summed E-state index contributed by atoms with van der Waals surface area (Å²) in [7, 11) is 1.70. The van der Waals surface area contributed by atoms with E-state index in [0.29, 0.717) is 18.6 Å². The summed E-state index contributed by atoms with van der Waals surface area (Å²) in [6, 6.07) is 0.340. The van der Waals surface area contributed by atoms with Crippen LogP contribution in [0.25, 0.3) is 0 Å². The maximum absolute atomic E-state index is 6.26. The minimum atomic E-state index is 0.340. The Morgan fingerprint density at radius 1 is 1.65 bits per heavy atom. The third-order valence-electron chi connectivity index (χ3n) is 3.15. The number of nitrogens with zero attached hydrogens (tertiary/aromatic N) is 2. The normalized spacial score (nSPS) is 17.4. The fraction of sp³-hybridized carbons (Fsp3) is 0.750. The van der Waals surface area contributed by atoms with Crippen LogP contribution in [-0.2, 0) is 11.3 Å². The van der Waals surface area contributed by atoms with Gasteiger partial charge in [-0.1, -0.05) is 18.5 Å². The predicted octanol–water partition coefficient (Wildman–Crippen LogP) is 2.24. The van der Waals surface area contributed by atoms with Crippen molar-refractivity contribution < 1.29 is 4.74 Å². The predicted molar refractivity (Wildman–Crippen MR) is 68.3 cm³/mol. The molecule has 4 nitrogen and oxygen atoms in total. The highest BCUT2D eigenvalue weighted by Gasteiger charge is 2.35. The average Bonchev–Trinajstić information content (AvgIpc) is 3.09. The number of nitrogens with one attached hydrogen (secondary N) is 1. The van der Waals surface area contributed by atoms with Gasteiger partial charge < -0.3 is 10.1 Å². The monoisotopic (exact) mass is 257 g/mol. The van der Waals surface area contributed by atoms with E-state index in [0.717, 1.165) is 23.8 Å². The molecular weight excluding hydrogens is 238 g/mol. The highest BCUT2D eigenvalue weighted by Crippen LogP contribution is 2.42. The molecule has 1 aliphatic rings. The summed E-state index contributed by atoms with van der Waals surface area (Å²) in [5, 5.41) is 8.61. The van der Waals surface area contributed by atoms with Crippen LogP contribution in [0.15, 0.2) is 6.20 Å². The summed E-state index contributed by atoms with van der Waals surface area (Å²) in [6.07, 6.45) is 4.30. The van der Waals surface area contributed by atoms with E-state index in [-0.39, 0.29) is 0 Å². The summed E-state index contributed by atoms with van der Waals surface area (Å²) in [4.78, 5) is 0. The fourth-order valence-corrected chi connectivity index (χ4v) is 2.43.